The fourth-order valence-corrected chi connectivity index (χ4v) is 1.65. The lowest BCUT2D eigenvalue weighted by Gasteiger charge is -2.11. The lowest BCUT2D eigenvalue weighted by molar-refractivity contribution is -0.138. The SMILES string of the molecule is CC(C[C@@H]1CCNC1=O)C(=O)C(N)=O. The molecule has 1 rings (SSSR count). The zero-order valence-electron chi connectivity index (χ0n) is 8.08. The molecule has 0 aromatic heterocycles. The average molecular weight is 198 g/mol. The summed E-state index contributed by atoms with van der Waals surface area (Å²) in [6, 6.07) is 0. The Morgan fingerprint density at radius 2 is 2.29 bits per heavy atom. The number of rotatable bonds is 4. The van der Waals surface area contributed by atoms with Crippen molar-refractivity contribution in [1.82, 2.24) is 5.32 Å². The third-order valence-corrected chi connectivity index (χ3v) is 2.49. The first kappa shape index (κ1) is 10.7. The molecule has 1 saturated heterocycles. The highest BCUT2D eigenvalue weighted by Crippen LogP contribution is 2.19. The van der Waals surface area contributed by atoms with Crippen molar-refractivity contribution in [2.75, 3.05) is 6.54 Å². The van der Waals surface area contributed by atoms with Gasteiger partial charge in [-0.15, -0.1) is 0 Å². The second-order valence-electron chi connectivity index (χ2n) is 3.64. The van der Waals surface area contributed by atoms with Crippen LogP contribution in [0.15, 0.2) is 0 Å². The molecule has 2 atom stereocenters. The fraction of sp³-hybridized carbons (Fsp3) is 0.667. The molecule has 5 heteroatoms. The van der Waals surface area contributed by atoms with E-state index in [1.54, 1.807) is 6.92 Å². The Labute approximate surface area is 82.0 Å². The Balaban J connectivity index is 2.47. The molecule has 78 valence electrons. The van der Waals surface area contributed by atoms with Crippen LogP contribution in [-0.2, 0) is 14.4 Å². The van der Waals surface area contributed by atoms with Gasteiger partial charge in [0, 0.05) is 18.4 Å². The van der Waals surface area contributed by atoms with Crippen molar-refractivity contribution in [3.05, 3.63) is 0 Å². The minimum absolute atomic E-state index is 0.0332. The smallest absolute Gasteiger partial charge is 0.285 e. The van der Waals surface area contributed by atoms with Crippen LogP contribution in [0, 0.1) is 11.8 Å². The second kappa shape index (κ2) is 4.21. The Morgan fingerprint density at radius 3 is 2.71 bits per heavy atom. The van der Waals surface area contributed by atoms with Gasteiger partial charge in [0.1, 0.15) is 0 Å². The molecule has 2 amide bonds. The highest BCUT2D eigenvalue weighted by Gasteiger charge is 2.29. The zero-order valence-corrected chi connectivity index (χ0v) is 8.08. The summed E-state index contributed by atoms with van der Waals surface area (Å²) in [7, 11) is 0. The van der Waals surface area contributed by atoms with Gasteiger partial charge in [-0.2, -0.15) is 0 Å². The number of ketones is 1. The lowest BCUT2D eigenvalue weighted by atomic mass is 9.91. The molecule has 1 aliphatic heterocycles. The summed E-state index contributed by atoms with van der Waals surface area (Å²) < 4.78 is 0. The molecule has 0 aromatic carbocycles. The van der Waals surface area contributed by atoms with Crippen molar-refractivity contribution >= 4 is 17.6 Å². The van der Waals surface area contributed by atoms with E-state index in [1.807, 2.05) is 0 Å². The maximum absolute atomic E-state index is 11.2. The van der Waals surface area contributed by atoms with E-state index in [4.69, 9.17) is 5.73 Å². The molecule has 14 heavy (non-hydrogen) atoms. The Morgan fingerprint density at radius 1 is 1.64 bits per heavy atom. The summed E-state index contributed by atoms with van der Waals surface area (Å²) in [6.07, 6.45) is 1.14. The Kier molecular flexibility index (Phi) is 3.22. The average Bonchev–Trinajstić information content (AvgIpc) is 2.50. The summed E-state index contributed by atoms with van der Waals surface area (Å²) in [5.41, 5.74) is 4.86. The lowest BCUT2D eigenvalue weighted by Crippen LogP contribution is -2.31. The third kappa shape index (κ3) is 2.31. The molecule has 0 saturated carbocycles. The minimum atomic E-state index is -0.920. The van der Waals surface area contributed by atoms with Gasteiger partial charge in [-0.05, 0) is 12.8 Å². The topological polar surface area (TPSA) is 89.3 Å². The van der Waals surface area contributed by atoms with Gasteiger partial charge in [0.2, 0.25) is 11.7 Å². The number of Topliss-reactive ketones (excluding diaryl/α,β-unsaturated/α-hetero) is 1. The number of carbonyl (C=O) groups excluding carboxylic acids is 3. The van der Waals surface area contributed by atoms with Gasteiger partial charge in [-0.25, -0.2) is 0 Å². The van der Waals surface area contributed by atoms with E-state index in [0.717, 1.165) is 6.42 Å². The van der Waals surface area contributed by atoms with Gasteiger partial charge in [0.05, 0.1) is 0 Å². The predicted octanol–water partition coefficient (Wildman–Crippen LogP) is -0.797. The number of nitrogens with two attached hydrogens (primary N) is 1. The van der Waals surface area contributed by atoms with E-state index in [-0.39, 0.29) is 11.8 Å². The minimum Gasteiger partial charge on any atom is -0.363 e. The first-order valence-electron chi connectivity index (χ1n) is 4.63. The van der Waals surface area contributed by atoms with Crippen molar-refractivity contribution in [3.8, 4) is 0 Å². The summed E-state index contributed by atoms with van der Waals surface area (Å²) in [5, 5.41) is 2.68. The van der Waals surface area contributed by atoms with E-state index >= 15 is 0 Å². The van der Waals surface area contributed by atoms with Crippen LogP contribution in [0.2, 0.25) is 0 Å². The molecule has 3 N–H and O–H groups in total. The van der Waals surface area contributed by atoms with E-state index in [0.29, 0.717) is 13.0 Å². The molecular formula is C9H14N2O3. The summed E-state index contributed by atoms with van der Waals surface area (Å²) >= 11 is 0. The number of carbonyl (C=O) groups is 3. The van der Waals surface area contributed by atoms with Crippen LogP contribution in [0.5, 0.6) is 0 Å². The highest BCUT2D eigenvalue weighted by molar-refractivity contribution is 6.36. The van der Waals surface area contributed by atoms with E-state index < -0.39 is 17.6 Å². The number of primary amides is 1. The number of amides is 2. The van der Waals surface area contributed by atoms with Crippen LogP contribution in [0.1, 0.15) is 19.8 Å². The van der Waals surface area contributed by atoms with E-state index in [2.05, 4.69) is 5.32 Å². The Bertz CT molecular complexity index is 275. The van der Waals surface area contributed by atoms with E-state index in [1.165, 1.54) is 0 Å². The molecule has 1 aliphatic rings. The van der Waals surface area contributed by atoms with Gasteiger partial charge < -0.3 is 11.1 Å². The highest BCUT2D eigenvalue weighted by atomic mass is 16.2. The quantitative estimate of drug-likeness (QED) is 0.580. The summed E-state index contributed by atoms with van der Waals surface area (Å²) in [5.74, 6) is -2.15. The largest absolute Gasteiger partial charge is 0.363 e. The van der Waals surface area contributed by atoms with Crippen LogP contribution in [0.3, 0.4) is 0 Å². The Hall–Kier alpha value is -1.39. The molecule has 0 aliphatic carbocycles. The van der Waals surface area contributed by atoms with Gasteiger partial charge in [-0.3, -0.25) is 14.4 Å². The van der Waals surface area contributed by atoms with E-state index in [9.17, 15) is 14.4 Å². The van der Waals surface area contributed by atoms with Gasteiger partial charge in [-0.1, -0.05) is 6.92 Å². The van der Waals surface area contributed by atoms with Crippen LogP contribution in [0.25, 0.3) is 0 Å². The zero-order chi connectivity index (χ0) is 10.7. The normalized spacial score (nSPS) is 22.9. The molecule has 0 spiro atoms. The van der Waals surface area contributed by atoms with Gasteiger partial charge in [0.15, 0.2) is 0 Å². The van der Waals surface area contributed by atoms with Crippen molar-refractivity contribution in [2.24, 2.45) is 17.6 Å². The number of hydrogen-bond acceptors (Lipinski definition) is 3. The third-order valence-electron chi connectivity index (χ3n) is 2.49. The molecule has 5 nitrogen and oxygen atoms in total. The first-order chi connectivity index (χ1) is 6.52. The molecule has 0 bridgehead atoms. The van der Waals surface area contributed by atoms with Crippen LogP contribution in [-0.4, -0.2) is 24.1 Å². The molecule has 1 unspecified atom stereocenters. The monoisotopic (exact) mass is 198 g/mol. The second-order valence-corrected chi connectivity index (χ2v) is 3.64. The maximum atomic E-state index is 11.2. The van der Waals surface area contributed by atoms with Crippen molar-refractivity contribution in [1.29, 1.82) is 0 Å². The van der Waals surface area contributed by atoms with Crippen molar-refractivity contribution in [2.45, 2.75) is 19.8 Å². The standard InChI is InChI=1S/C9H14N2O3/c1-5(7(12)8(10)13)4-6-2-3-11-9(6)14/h5-6H,2-4H2,1H3,(H2,10,13)(H,11,14)/t5?,6-/m0/s1. The molecule has 1 heterocycles. The number of nitrogens with one attached hydrogen (secondary N) is 1. The van der Waals surface area contributed by atoms with Gasteiger partial charge >= 0.3 is 0 Å². The summed E-state index contributed by atoms with van der Waals surface area (Å²) in [6.45, 7) is 2.28. The van der Waals surface area contributed by atoms with Crippen molar-refractivity contribution in [3.63, 3.8) is 0 Å². The molecule has 0 radical (unpaired) electrons. The van der Waals surface area contributed by atoms with Gasteiger partial charge in [0.25, 0.3) is 5.91 Å². The molecule has 1 fully saturated rings. The van der Waals surface area contributed by atoms with Crippen LogP contribution >= 0.6 is 0 Å². The fourth-order valence-electron chi connectivity index (χ4n) is 1.65. The molecular weight excluding hydrogens is 184 g/mol. The van der Waals surface area contributed by atoms with Crippen LogP contribution < -0.4 is 11.1 Å². The van der Waals surface area contributed by atoms with Crippen molar-refractivity contribution < 1.29 is 14.4 Å². The maximum Gasteiger partial charge on any atom is 0.285 e. The van der Waals surface area contributed by atoms with Crippen LogP contribution in [0.4, 0.5) is 0 Å². The number of hydrogen-bond donors (Lipinski definition) is 2. The predicted molar refractivity (Wildman–Crippen MR) is 49.1 cm³/mol. The first-order valence-corrected chi connectivity index (χ1v) is 4.63. The molecule has 0 aromatic rings. The summed E-state index contributed by atoms with van der Waals surface area (Å²) in [4.78, 5) is 32.9.